The van der Waals surface area contributed by atoms with Gasteiger partial charge in [-0.3, -0.25) is 4.84 Å². The van der Waals surface area contributed by atoms with Crippen LogP contribution in [0.4, 0.5) is 4.79 Å². The fraction of sp³-hybridized carbons (Fsp3) is 0.0526. The van der Waals surface area contributed by atoms with Crippen LogP contribution in [0.5, 0.6) is 0 Å². The minimum Gasteiger partial charge on any atom is -0.316 e. The molecule has 0 heterocycles. The Bertz CT molecular complexity index is 829. The van der Waals surface area contributed by atoms with Crippen LogP contribution in [-0.2, 0) is 11.4 Å². The topological polar surface area (TPSA) is 50.7 Å². The summed E-state index contributed by atoms with van der Waals surface area (Å²) in [4.78, 5) is 16.4. The first-order chi connectivity index (χ1) is 11.3. The summed E-state index contributed by atoms with van der Waals surface area (Å²) >= 11 is 0. The number of hydrogen-bond acceptors (Lipinski definition) is 3. The molecule has 0 bridgehead atoms. The molecule has 1 N–H and O–H groups in total. The van der Waals surface area contributed by atoms with E-state index in [-0.39, 0.29) is 0 Å². The van der Waals surface area contributed by atoms with Gasteiger partial charge in [-0.1, -0.05) is 71.9 Å². The van der Waals surface area contributed by atoms with Crippen molar-refractivity contribution in [2.75, 3.05) is 0 Å². The number of rotatable bonds is 4. The molecule has 0 fully saturated rings. The highest BCUT2D eigenvalue weighted by Crippen LogP contribution is 2.14. The lowest BCUT2D eigenvalue weighted by molar-refractivity contribution is 0.151. The van der Waals surface area contributed by atoms with Crippen LogP contribution in [-0.4, -0.2) is 12.3 Å². The molecule has 0 aliphatic rings. The molecule has 0 unspecified atom stereocenters. The maximum atomic E-state index is 11.6. The largest absolute Gasteiger partial charge is 0.433 e. The van der Waals surface area contributed by atoms with E-state index >= 15 is 0 Å². The molecule has 0 aliphatic carbocycles. The molecule has 114 valence electrons. The summed E-state index contributed by atoms with van der Waals surface area (Å²) in [6.07, 6.45) is 0.944. The Morgan fingerprint density at radius 2 is 1.70 bits per heavy atom. The van der Waals surface area contributed by atoms with Crippen molar-refractivity contribution >= 4 is 23.1 Å². The predicted octanol–water partition coefficient (Wildman–Crippen LogP) is 4.10. The van der Waals surface area contributed by atoms with Crippen molar-refractivity contribution in [3.05, 3.63) is 83.9 Å². The van der Waals surface area contributed by atoms with E-state index in [4.69, 9.17) is 4.84 Å². The lowest BCUT2D eigenvalue weighted by Gasteiger charge is -2.02. The molecule has 4 heteroatoms. The third-order valence-corrected chi connectivity index (χ3v) is 3.39. The summed E-state index contributed by atoms with van der Waals surface area (Å²) in [5.74, 6) is 0. The number of benzene rings is 3. The van der Waals surface area contributed by atoms with Crippen LogP contribution in [0.1, 0.15) is 11.1 Å². The second kappa shape index (κ2) is 7.22. The second-order valence-electron chi connectivity index (χ2n) is 5.06. The minimum atomic E-state index is -0.578. The molecule has 0 aliphatic heterocycles. The van der Waals surface area contributed by atoms with E-state index in [0.717, 1.165) is 21.9 Å². The molecule has 0 spiro atoms. The molecule has 3 aromatic rings. The van der Waals surface area contributed by atoms with E-state index in [2.05, 4.69) is 10.5 Å². The van der Waals surface area contributed by atoms with Crippen molar-refractivity contribution in [1.82, 2.24) is 5.32 Å². The highest BCUT2D eigenvalue weighted by Gasteiger charge is 2.00. The van der Waals surface area contributed by atoms with Gasteiger partial charge in [0, 0.05) is 6.54 Å². The molecule has 1 amide bonds. The highest BCUT2D eigenvalue weighted by molar-refractivity contribution is 5.90. The van der Waals surface area contributed by atoms with Crippen LogP contribution in [0.3, 0.4) is 0 Å². The average molecular weight is 304 g/mol. The molecule has 4 nitrogen and oxygen atoms in total. The highest BCUT2D eigenvalue weighted by atomic mass is 16.7. The van der Waals surface area contributed by atoms with Crippen LogP contribution >= 0.6 is 0 Å². The maximum Gasteiger partial charge on any atom is 0.433 e. The number of nitrogens with zero attached hydrogens (tertiary/aromatic N) is 1. The second-order valence-corrected chi connectivity index (χ2v) is 5.06. The third-order valence-electron chi connectivity index (χ3n) is 3.39. The molecular formula is C19H16N2O2. The summed E-state index contributed by atoms with van der Waals surface area (Å²) in [5, 5.41) is 8.64. The minimum absolute atomic E-state index is 0.408. The van der Waals surface area contributed by atoms with Crippen LogP contribution in [0.15, 0.2) is 78.0 Å². The Morgan fingerprint density at radius 3 is 2.52 bits per heavy atom. The van der Waals surface area contributed by atoms with Crippen LogP contribution in [0.2, 0.25) is 0 Å². The third kappa shape index (κ3) is 4.17. The van der Waals surface area contributed by atoms with Crippen molar-refractivity contribution < 1.29 is 9.63 Å². The number of carbonyl (C=O) groups is 1. The number of nitrogens with one attached hydrogen (secondary N) is 1. The van der Waals surface area contributed by atoms with Gasteiger partial charge in [0.1, 0.15) is 0 Å². The number of oxime groups is 1. The number of carbonyl (C=O) groups excluding carboxylic acids is 1. The van der Waals surface area contributed by atoms with E-state index in [1.807, 2.05) is 72.8 Å². The first-order valence-electron chi connectivity index (χ1n) is 7.32. The summed E-state index contributed by atoms with van der Waals surface area (Å²) in [6, 6.07) is 23.6. The van der Waals surface area contributed by atoms with Gasteiger partial charge >= 0.3 is 6.09 Å². The predicted molar refractivity (Wildman–Crippen MR) is 91.3 cm³/mol. The van der Waals surface area contributed by atoms with Gasteiger partial charge in [0.15, 0.2) is 0 Å². The van der Waals surface area contributed by atoms with Crippen molar-refractivity contribution in [3.63, 3.8) is 0 Å². The molecule has 3 rings (SSSR count). The molecule has 0 aromatic heterocycles. The number of amides is 1. The van der Waals surface area contributed by atoms with Crippen molar-refractivity contribution in [3.8, 4) is 0 Å². The van der Waals surface area contributed by atoms with Crippen LogP contribution in [0.25, 0.3) is 10.8 Å². The molecular weight excluding hydrogens is 288 g/mol. The van der Waals surface area contributed by atoms with E-state index in [1.165, 1.54) is 6.21 Å². The molecule has 0 atom stereocenters. The fourth-order valence-electron chi connectivity index (χ4n) is 2.23. The van der Waals surface area contributed by atoms with E-state index in [9.17, 15) is 4.79 Å². The summed E-state index contributed by atoms with van der Waals surface area (Å²) < 4.78 is 0. The smallest absolute Gasteiger partial charge is 0.316 e. The van der Waals surface area contributed by atoms with E-state index in [1.54, 1.807) is 0 Å². The first kappa shape index (κ1) is 14.8. The van der Waals surface area contributed by atoms with Gasteiger partial charge in [0.25, 0.3) is 0 Å². The monoisotopic (exact) mass is 304 g/mol. The Hall–Kier alpha value is -3.14. The number of fused-ring (bicyclic) bond motifs is 1. The van der Waals surface area contributed by atoms with E-state index in [0.29, 0.717) is 6.54 Å². The van der Waals surface area contributed by atoms with Gasteiger partial charge in [0.05, 0.1) is 6.21 Å². The number of hydrogen-bond donors (Lipinski definition) is 1. The zero-order valence-corrected chi connectivity index (χ0v) is 12.5. The quantitative estimate of drug-likeness (QED) is 0.448. The summed E-state index contributed by atoms with van der Waals surface area (Å²) in [7, 11) is 0. The van der Waals surface area contributed by atoms with Gasteiger partial charge in [-0.25, -0.2) is 4.79 Å². The van der Waals surface area contributed by atoms with Crippen molar-refractivity contribution in [1.29, 1.82) is 0 Å². The SMILES string of the molecule is O=C(NCc1ccccc1)O/N=C/c1ccc2ccccc2c1. The average Bonchev–Trinajstić information content (AvgIpc) is 2.61. The zero-order chi connectivity index (χ0) is 15.9. The van der Waals surface area contributed by atoms with Crippen molar-refractivity contribution in [2.24, 2.45) is 5.16 Å². The Balaban J connectivity index is 1.54. The Labute approximate surface area is 134 Å². The van der Waals surface area contributed by atoms with E-state index < -0.39 is 6.09 Å². The van der Waals surface area contributed by atoms with Gasteiger partial charge in [-0.15, -0.1) is 0 Å². The zero-order valence-electron chi connectivity index (χ0n) is 12.5. The molecule has 0 saturated heterocycles. The van der Waals surface area contributed by atoms with Crippen LogP contribution in [0, 0.1) is 0 Å². The standard InChI is InChI=1S/C19H16N2O2/c22-19(20-13-15-6-2-1-3-7-15)23-21-14-16-10-11-17-8-4-5-9-18(17)12-16/h1-12,14H,13H2,(H,20,22)/b21-14+. The van der Waals surface area contributed by atoms with Gasteiger partial charge in [-0.2, -0.15) is 0 Å². The summed E-state index contributed by atoms with van der Waals surface area (Å²) in [5.41, 5.74) is 1.88. The fourth-order valence-corrected chi connectivity index (χ4v) is 2.23. The Kier molecular flexibility index (Phi) is 4.64. The lowest BCUT2D eigenvalue weighted by atomic mass is 10.1. The van der Waals surface area contributed by atoms with Gasteiger partial charge in [-0.05, 0) is 28.0 Å². The van der Waals surface area contributed by atoms with Gasteiger partial charge < -0.3 is 5.32 Å². The molecule has 0 saturated carbocycles. The maximum absolute atomic E-state index is 11.6. The van der Waals surface area contributed by atoms with Crippen LogP contribution < -0.4 is 5.32 Å². The van der Waals surface area contributed by atoms with Crippen molar-refractivity contribution in [2.45, 2.75) is 6.54 Å². The lowest BCUT2D eigenvalue weighted by Crippen LogP contribution is -2.22. The van der Waals surface area contributed by atoms with Gasteiger partial charge in [0.2, 0.25) is 0 Å². The first-order valence-corrected chi connectivity index (χ1v) is 7.32. The normalized spacial score (nSPS) is 10.8. The molecule has 3 aromatic carbocycles. The Morgan fingerprint density at radius 1 is 0.957 bits per heavy atom. The summed E-state index contributed by atoms with van der Waals surface area (Å²) in [6.45, 7) is 0.408. The molecule has 0 radical (unpaired) electrons. The molecule has 23 heavy (non-hydrogen) atoms.